The number of aryl methyl sites for hydroxylation is 1. The second-order valence-corrected chi connectivity index (χ2v) is 10.6. The van der Waals surface area contributed by atoms with Gasteiger partial charge in [-0.25, -0.2) is 14.8 Å². The summed E-state index contributed by atoms with van der Waals surface area (Å²) in [6.45, 7) is 7.75. The molecule has 0 spiro atoms. The highest BCUT2D eigenvalue weighted by Crippen LogP contribution is 2.30. The largest absolute Gasteiger partial charge is 0.491 e. The number of ether oxygens (including phenoxy) is 2. The molecule has 0 fully saturated rings. The molecule has 2 amide bonds. The average molecular weight is 577 g/mol. The molecule has 8 nitrogen and oxygen atoms in total. The van der Waals surface area contributed by atoms with Crippen molar-refractivity contribution in [3.8, 4) is 5.75 Å². The first-order chi connectivity index (χ1) is 18.1. The van der Waals surface area contributed by atoms with Gasteiger partial charge in [0.05, 0.1) is 18.0 Å². The maximum absolute atomic E-state index is 12.9. The summed E-state index contributed by atoms with van der Waals surface area (Å²) in [6.07, 6.45) is 1.60. The number of nitrogens with zero attached hydrogens (tertiary/aromatic N) is 2. The van der Waals surface area contributed by atoms with Gasteiger partial charge >= 0.3 is 6.09 Å². The quantitative estimate of drug-likeness (QED) is 0.247. The Morgan fingerprint density at radius 3 is 2.32 bits per heavy atom. The summed E-state index contributed by atoms with van der Waals surface area (Å²) < 4.78 is 12.3. The number of carbonyl (C=O) groups excluding carboxylic acids is 2. The van der Waals surface area contributed by atoms with Crippen molar-refractivity contribution in [2.45, 2.75) is 39.7 Å². The van der Waals surface area contributed by atoms with Crippen molar-refractivity contribution in [2.75, 3.05) is 17.2 Å². The van der Waals surface area contributed by atoms with Crippen LogP contribution in [0.15, 0.2) is 71.5 Å². The van der Waals surface area contributed by atoms with Gasteiger partial charge in [-0.15, -0.1) is 0 Å². The van der Waals surface area contributed by atoms with Crippen LogP contribution in [0.5, 0.6) is 5.75 Å². The zero-order chi connectivity index (χ0) is 27.3. The number of aromatic nitrogens is 2. The monoisotopic (exact) mass is 576 g/mol. The van der Waals surface area contributed by atoms with Crippen LogP contribution < -0.4 is 15.4 Å². The number of nitrogens with one attached hydrogen (secondary N) is 2. The maximum atomic E-state index is 12.9. The number of hydrogen-bond donors (Lipinski definition) is 2. The number of anilines is 2. The first-order valence-electron chi connectivity index (χ1n) is 12.1. The molecule has 0 saturated carbocycles. The summed E-state index contributed by atoms with van der Waals surface area (Å²) in [4.78, 5) is 33.7. The van der Waals surface area contributed by atoms with Gasteiger partial charge in [-0.3, -0.25) is 10.1 Å². The summed E-state index contributed by atoms with van der Waals surface area (Å²) in [7, 11) is 0. The molecule has 1 aromatic heterocycles. The molecular formula is C29H29BrN4O4. The van der Waals surface area contributed by atoms with E-state index in [2.05, 4.69) is 36.5 Å². The van der Waals surface area contributed by atoms with Gasteiger partial charge in [0.2, 0.25) is 0 Å². The predicted octanol–water partition coefficient (Wildman–Crippen LogP) is 6.92. The standard InChI is InChI=1S/C29H29BrN4O4/c1-18-22-15-21(30)16-25(26(22)32-17-31-18)37-14-13-19-9-11-20(12-10-19)27(35)33-23-7-5-6-8-24(23)34-28(36)38-29(2,3)4/h5-12,15-17H,13-14H2,1-4H3,(H,33,35)(H,34,36). The van der Waals surface area contributed by atoms with Crippen LogP contribution >= 0.6 is 15.9 Å². The van der Waals surface area contributed by atoms with Gasteiger partial charge in [0, 0.05) is 27.5 Å². The highest BCUT2D eigenvalue weighted by atomic mass is 79.9. The lowest BCUT2D eigenvalue weighted by Gasteiger charge is -2.20. The van der Waals surface area contributed by atoms with E-state index < -0.39 is 11.7 Å². The van der Waals surface area contributed by atoms with E-state index in [-0.39, 0.29) is 5.91 Å². The number of carbonyl (C=O) groups is 2. The SMILES string of the molecule is Cc1ncnc2c(OCCc3ccc(C(=O)Nc4ccccc4NC(=O)OC(C)(C)C)cc3)cc(Br)cc12. The molecule has 0 atom stereocenters. The Bertz CT molecular complexity index is 1470. The van der Waals surface area contributed by atoms with Gasteiger partial charge in [0.25, 0.3) is 5.91 Å². The highest BCUT2D eigenvalue weighted by molar-refractivity contribution is 9.10. The smallest absolute Gasteiger partial charge is 0.412 e. The Morgan fingerprint density at radius 1 is 0.947 bits per heavy atom. The third-order valence-corrected chi connectivity index (χ3v) is 6.00. The lowest BCUT2D eigenvalue weighted by Crippen LogP contribution is -2.27. The van der Waals surface area contributed by atoms with Crippen molar-refractivity contribution in [1.82, 2.24) is 9.97 Å². The van der Waals surface area contributed by atoms with Crippen LogP contribution in [0.25, 0.3) is 10.9 Å². The van der Waals surface area contributed by atoms with Crippen LogP contribution in [0.1, 0.15) is 42.4 Å². The van der Waals surface area contributed by atoms with Crippen molar-refractivity contribution in [1.29, 1.82) is 0 Å². The highest BCUT2D eigenvalue weighted by Gasteiger charge is 2.18. The average Bonchev–Trinajstić information content (AvgIpc) is 2.85. The van der Waals surface area contributed by atoms with Crippen LogP contribution in [-0.4, -0.2) is 34.2 Å². The lowest BCUT2D eigenvalue weighted by molar-refractivity contribution is 0.0635. The van der Waals surface area contributed by atoms with E-state index in [0.717, 1.165) is 26.6 Å². The number of benzene rings is 3. The zero-order valence-electron chi connectivity index (χ0n) is 21.7. The number of para-hydroxylation sites is 2. The van der Waals surface area contributed by atoms with Gasteiger partial charge in [-0.1, -0.05) is 40.2 Å². The molecule has 0 saturated heterocycles. The number of amides is 2. The molecule has 0 bridgehead atoms. The molecule has 0 aliphatic heterocycles. The zero-order valence-corrected chi connectivity index (χ0v) is 23.3. The molecule has 196 valence electrons. The first kappa shape index (κ1) is 27.1. The minimum absolute atomic E-state index is 0.290. The molecule has 2 N–H and O–H groups in total. The summed E-state index contributed by atoms with van der Waals surface area (Å²) in [5, 5.41) is 6.48. The van der Waals surface area contributed by atoms with E-state index in [0.29, 0.717) is 35.7 Å². The molecule has 38 heavy (non-hydrogen) atoms. The molecule has 0 radical (unpaired) electrons. The van der Waals surface area contributed by atoms with E-state index >= 15 is 0 Å². The van der Waals surface area contributed by atoms with E-state index in [1.54, 1.807) is 57.2 Å². The molecule has 0 unspecified atom stereocenters. The molecular weight excluding hydrogens is 548 g/mol. The van der Waals surface area contributed by atoms with Gasteiger partial charge < -0.3 is 14.8 Å². The Labute approximate surface area is 229 Å². The van der Waals surface area contributed by atoms with Crippen LogP contribution in [0.3, 0.4) is 0 Å². The van der Waals surface area contributed by atoms with Crippen LogP contribution in [-0.2, 0) is 11.2 Å². The topological polar surface area (TPSA) is 102 Å². The van der Waals surface area contributed by atoms with Gasteiger partial charge in [-0.2, -0.15) is 0 Å². The second-order valence-electron chi connectivity index (χ2n) is 9.68. The third kappa shape index (κ3) is 7.07. The van der Waals surface area contributed by atoms with Gasteiger partial charge in [0.1, 0.15) is 23.2 Å². The number of halogens is 1. The minimum Gasteiger partial charge on any atom is -0.491 e. The summed E-state index contributed by atoms with van der Waals surface area (Å²) in [5.41, 5.74) is 3.47. The van der Waals surface area contributed by atoms with Crippen molar-refractivity contribution in [3.63, 3.8) is 0 Å². The van der Waals surface area contributed by atoms with Crippen LogP contribution in [0.2, 0.25) is 0 Å². The maximum Gasteiger partial charge on any atom is 0.412 e. The Morgan fingerprint density at radius 2 is 1.63 bits per heavy atom. The van der Waals surface area contributed by atoms with Crippen molar-refractivity contribution >= 4 is 50.2 Å². The van der Waals surface area contributed by atoms with E-state index in [1.165, 1.54) is 6.33 Å². The Hall–Kier alpha value is -3.98. The van der Waals surface area contributed by atoms with E-state index in [4.69, 9.17) is 9.47 Å². The summed E-state index contributed by atoms with van der Waals surface area (Å²) >= 11 is 3.53. The van der Waals surface area contributed by atoms with Crippen molar-refractivity contribution in [3.05, 3.63) is 88.3 Å². The fraction of sp³-hybridized carbons (Fsp3) is 0.241. The van der Waals surface area contributed by atoms with E-state index in [9.17, 15) is 9.59 Å². The fourth-order valence-corrected chi connectivity index (χ4v) is 4.18. The Kier molecular flexibility index (Phi) is 8.26. The number of fused-ring (bicyclic) bond motifs is 1. The molecule has 1 heterocycles. The van der Waals surface area contributed by atoms with Gasteiger partial charge in [-0.05, 0) is 69.7 Å². The molecule has 0 aliphatic rings. The minimum atomic E-state index is -0.631. The summed E-state index contributed by atoms with van der Waals surface area (Å²) in [5.74, 6) is 0.399. The predicted molar refractivity (Wildman–Crippen MR) is 152 cm³/mol. The van der Waals surface area contributed by atoms with Crippen LogP contribution in [0.4, 0.5) is 16.2 Å². The number of rotatable bonds is 7. The van der Waals surface area contributed by atoms with Gasteiger partial charge in [0.15, 0.2) is 0 Å². The normalized spacial score (nSPS) is 11.2. The summed E-state index contributed by atoms with van der Waals surface area (Å²) in [6, 6.07) is 18.2. The number of hydrogen-bond acceptors (Lipinski definition) is 6. The molecule has 4 aromatic rings. The molecule has 4 rings (SSSR count). The first-order valence-corrected chi connectivity index (χ1v) is 12.9. The fourth-order valence-electron chi connectivity index (χ4n) is 3.75. The Balaban J connectivity index is 1.36. The van der Waals surface area contributed by atoms with Crippen LogP contribution in [0, 0.1) is 6.92 Å². The second kappa shape index (κ2) is 11.6. The van der Waals surface area contributed by atoms with Crippen molar-refractivity contribution in [2.24, 2.45) is 0 Å². The molecule has 0 aliphatic carbocycles. The third-order valence-electron chi connectivity index (χ3n) is 5.54. The molecule has 9 heteroatoms. The van der Waals surface area contributed by atoms with E-state index in [1.807, 2.05) is 31.2 Å². The van der Waals surface area contributed by atoms with Crippen molar-refractivity contribution < 1.29 is 19.1 Å². The molecule has 3 aromatic carbocycles. The lowest BCUT2D eigenvalue weighted by atomic mass is 10.1.